The monoisotopic (exact) mass is 283 g/mol. The van der Waals surface area contributed by atoms with Crippen molar-refractivity contribution in [3.8, 4) is 0 Å². The summed E-state index contributed by atoms with van der Waals surface area (Å²) in [6.45, 7) is 0. The van der Waals surface area contributed by atoms with Crippen molar-refractivity contribution in [2.45, 2.75) is 0 Å². The second kappa shape index (κ2) is 4.59. The van der Waals surface area contributed by atoms with E-state index in [0.29, 0.717) is 9.63 Å². The number of nitrogens with one attached hydrogen (secondary N) is 1. The van der Waals surface area contributed by atoms with Gasteiger partial charge in [-0.1, -0.05) is 17.7 Å². The maximum atomic E-state index is 6.02. The molecule has 0 aliphatic heterocycles. The number of anilines is 2. The Morgan fingerprint density at radius 2 is 2.00 bits per heavy atom. The van der Waals surface area contributed by atoms with Gasteiger partial charge >= 0.3 is 0 Å². The molecule has 2 heterocycles. The summed E-state index contributed by atoms with van der Waals surface area (Å²) in [5, 5.41) is 3.69. The number of nitrogens with zero attached hydrogens (tertiary/aromatic N) is 2. The fourth-order valence-electron chi connectivity index (χ4n) is 1.09. The van der Waals surface area contributed by atoms with E-state index >= 15 is 0 Å². The first-order valence-electron chi connectivity index (χ1n) is 4.25. The first-order valence-corrected chi connectivity index (χ1v) is 5.42. The van der Waals surface area contributed by atoms with Crippen LogP contribution < -0.4 is 5.32 Å². The fourth-order valence-corrected chi connectivity index (χ4v) is 1.83. The number of pyridine rings is 2. The molecule has 5 heteroatoms. The van der Waals surface area contributed by atoms with Crippen LogP contribution in [-0.4, -0.2) is 9.97 Å². The Balaban J connectivity index is 2.32. The first-order chi connectivity index (χ1) is 7.27. The highest BCUT2D eigenvalue weighted by Gasteiger charge is 2.06. The molecule has 0 atom stereocenters. The highest BCUT2D eigenvalue weighted by molar-refractivity contribution is 9.10. The maximum absolute atomic E-state index is 6.02. The van der Waals surface area contributed by atoms with Crippen molar-refractivity contribution < 1.29 is 0 Å². The molecule has 15 heavy (non-hydrogen) atoms. The zero-order valence-corrected chi connectivity index (χ0v) is 9.96. The second-order valence-corrected chi connectivity index (χ2v) is 3.96. The molecular formula is C10H7BrClN3. The van der Waals surface area contributed by atoms with Crippen molar-refractivity contribution >= 4 is 39.0 Å². The average Bonchev–Trinajstić information content (AvgIpc) is 2.25. The molecule has 0 radical (unpaired) electrons. The zero-order chi connectivity index (χ0) is 10.7. The normalized spacial score (nSPS) is 10.0. The summed E-state index contributed by atoms with van der Waals surface area (Å²) in [6.07, 6.45) is 3.34. The van der Waals surface area contributed by atoms with Crippen LogP contribution in [0.15, 0.2) is 41.3 Å². The lowest BCUT2D eigenvalue weighted by Crippen LogP contribution is -1.95. The van der Waals surface area contributed by atoms with Gasteiger partial charge in [-0.15, -0.1) is 0 Å². The lowest BCUT2D eigenvalue weighted by atomic mass is 10.4. The van der Waals surface area contributed by atoms with Gasteiger partial charge in [0.25, 0.3) is 0 Å². The molecule has 0 amide bonds. The van der Waals surface area contributed by atoms with Crippen LogP contribution in [0.2, 0.25) is 5.02 Å². The molecule has 0 aliphatic carbocycles. The van der Waals surface area contributed by atoms with E-state index in [1.165, 1.54) is 0 Å². The molecule has 2 aromatic heterocycles. The predicted molar refractivity (Wildman–Crippen MR) is 64.5 cm³/mol. The first kappa shape index (κ1) is 10.4. The van der Waals surface area contributed by atoms with E-state index < -0.39 is 0 Å². The Morgan fingerprint density at radius 1 is 1.13 bits per heavy atom. The molecule has 76 valence electrons. The van der Waals surface area contributed by atoms with E-state index in [9.17, 15) is 0 Å². The zero-order valence-electron chi connectivity index (χ0n) is 7.61. The van der Waals surface area contributed by atoms with Gasteiger partial charge in [0, 0.05) is 12.4 Å². The summed E-state index contributed by atoms with van der Waals surface area (Å²) in [5.41, 5.74) is 0.720. The van der Waals surface area contributed by atoms with Crippen LogP contribution in [0.5, 0.6) is 0 Å². The summed E-state index contributed by atoms with van der Waals surface area (Å²) in [5.74, 6) is 0.730. The molecule has 2 rings (SSSR count). The van der Waals surface area contributed by atoms with Crippen molar-refractivity contribution in [1.29, 1.82) is 0 Å². The van der Waals surface area contributed by atoms with Crippen molar-refractivity contribution in [2.24, 2.45) is 0 Å². The van der Waals surface area contributed by atoms with Crippen LogP contribution in [0.1, 0.15) is 0 Å². The second-order valence-electron chi connectivity index (χ2n) is 2.80. The minimum absolute atomic E-state index is 0.600. The van der Waals surface area contributed by atoms with Gasteiger partial charge in [0.2, 0.25) is 0 Å². The SMILES string of the molecule is Clc1ccnc(Br)c1Nc1ccccn1. The highest BCUT2D eigenvalue weighted by atomic mass is 79.9. The minimum atomic E-state index is 0.600. The van der Waals surface area contributed by atoms with E-state index in [4.69, 9.17) is 11.6 Å². The quantitative estimate of drug-likeness (QED) is 0.856. The maximum Gasteiger partial charge on any atom is 0.131 e. The summed E-state index contributed by atoms with van der Waals surface area (Å²) < 4.78 is 0.667. The van der Waals surface area contributed by atoms with E-state index in [1.54, 1.807) is 18.5 Å². The molecule has 0 spiro atoms. The van der Waals surface area contributed by atoms with Gasteiger partial charge in [0.15, 0.2) is 0 Å². The van der Waals surface area contributed by atoms with Crippen LogP contribution in [0.25, 0.3) is 0 Å². The van der Waals surface area contributed by atoms with Crippen LogP contribution in [0.4, 0.5) is 11.5 Å². The van der Waals surface area contributed by atoms with Gasteiger partial charge in [-0.3, -0.25) is 0 Å². The number of hydrogen-bond donors (Lipinski definition) is 1. The van der Waals surface area contributed by atoms with Gasteiger partial charge in [-0.05, 0) is 34.1 Å². The van der Waals surface area contributed by atoms with Crippen LogP contribution in [0.3, 0.4) is 0 Å². The molecule has 0 unspecified atom stereocenters. The van der Waals surface area contributed by atoms with E-state index in [2.05, 4.69) is 31.2 Å². The summed E-state index contributed by atoms with van der Waals surface area (Å²) >= 11 is 9.34. The van der Waals surface area contributed by atoms with Gasteiger partial charge in [0.05, 0.1) is 10.7 Å². The molecule has 0 fully saturated rings. The van der Waals surface area contributed by atoms with Gasteiger partial charge < -0.3 is 5.32 Å². The van der Waals surface area contributed by atoms with Crippen molar-refractivity contribution in [3.63, 3.8) is 0 Å². The Hall–Kier alpha value is -1.13. The topological polar surface area (TPSA) is 37.8 Å². The summed E-state index contributed by atoms with van der Waals surface area (Å²) in [4.78, 5) is 8.22. The number of hydrogen-bond acceptors (Lipinski definition) is 3. The van der Waals surface area contributed by atoms with Crippen molar-refractivity contribution in [1.82, 2.24) is 9.97 Å². The van der Waals surface area contributed by atoms with Crippen molar-refractivity contribution in [2.75, 3.05) is 5.32 Å². The predicted octanol–water partition coefficient (Wildman–Crippen LogP) is 3.64. The smallest absolute Gasteiger partial charge is 0.131 e. The molecular weight excluding hydrogens is 277 g/mol. The summed E-state index contributed by atoms with van der Waals surface area (Å²) in [6, 6.07) is 7.33. The largest absolute Gasteiger partial charge is 0.337 e. The molecule has 0 saturated heterocycles. The van der Waals surface area contributed by atoms with Gasteiger partial charge in [0.1, 0.15) is 10.4 Å². The van der Waals surface area contributed by atoms with Crippen LogP contribution in [-0.2, 0) is 0 Å². The molecule has 0 bridgehead atoms. The van der Waals surface area contributed by atoms with E-state index in [-0.39, 0.29) is 0 Å². The summed E-state index contributed by atoms with van der Waals surface area (Å²) in [7, 11) is 0. The third-order valence-electron chi connectivity index (χ3n) is 1.77. The highest BCUT2D eigenvalue weighted by Crippen LogP contribution is 2.30. The van der Waals surface area contributed by atoms with Gasteiger partial charge in [-0.25, -0.2) is 9.97 Å². The number of halogens is 2. The third-order valence-corrected chi connectivity index (χ3v) is 2.69. The molecule has 0 aliphatic rings. The Morgan fingerprint density at radius 3 is 2.67 bits per heavy atom. The van der Waals surface area contributed by atoms with Crippen LogP contribution >= 0.6 is 27.5 Å². The van der Waals surface area contributed by atoms with E-state index in [1.807, 2.05) is 18.2 Å². The van der Waals surface area contributed by atoms with Gasteiger partial charge in [-0.2, -0.15) is 0 Å². The lowest BCUT2D eigenvalue weighted by Gasteiger charge is -2.08. The Labute approximate surface area is 101 Å². The number of rotatable bonds is 2. The molecule has 0 aromatic carbocycles. The molecule has 1 N–H and O–H groups in total. The molecule has 2 aromatic rings. The minimum Gasteiger partial charge on any atom is -0.337 e. The Bertz CT molecular complexity index is 441. The average molecular weight is 285 g/mol. The van der Waals surface area contributed by atoms with Crippen molar-refractivity contribution in [3.05, 3.63) is 46.3 Å². The fraction of sp³-hybridized carbons (Fsp3) is 0. The van der Waals surface area contributed by atoms with Crippen LogP contribution in [0, 0.1) is 0 Å². The molecule has 3 nitrogen and oxygen atoms in total. The van der Waals surface area contributed by atoms with E-state index in [0.717, 1.165) is 11.5 Å². The molecule has 0 saturated carbocycles. The Kier molecular flexibility index (Phi) is 3.18. The lowest BCUT2D eigenvalue weighted by molar-refractivity contribution is 1.25. The number of aromatic nitrogens is 2. The third kappa shape index (κ3) is 2.46. The standard InChI is InChI=1S/C10H7BrClN3/c11-10-9(7(12)4-6-14-10)15-8-3-1-2-5-13-8/h1-6H,(H,13,15).